The second kappa shape index (κ2) is 8.94. The van der Waals surface area contributed by atoms with E-state index in [-0.39, 0.29) is 11.1 Å². The quantitative estimate of drug-likeness (QED) is 0.574. The van der Waals surface area contributed by atoms with E-state index in [1.165, 1.54) is 14.2 Å². The Kier molecular flexibility index (Phi) is 6.37. The normalized spacial score (nSPS) is 11.7. The van der Waals surface area contributed by atoms with Crippen molar-refractivity contribution in [2.24, 2.45) is 0 Å². The summed E-state index contributed by atoms with van der Waals surface area (Å²) in [6.07, 6.45) is 3.28. The smallest absolute Gasteiger partial charge is 0.277 e. The third-order valence-electron chi connectivity index (χ3n) is 3.69. The SMILES string of the molecule is COc1cc(OC)c(NC(=O)[C@H](C)Sc2nnc(-c3cccnc3)o2)cc1Cl. The first-order chi connectivity index (χ1) is 13.5. The van der Waals surface area contributed by atoms with E-state index in [4.69, 9.17) is 25.5 Å². The lowest BCUT2D eigenvalue weighted by Gasteiger charge is -2.15. The van der Waals surface area contributed by atoms with Gasteiger partial charge in [-0.15, -0.1) is 10.2 Å². The molecule has 0 spiro atoms. The molecule has 3 aromatic rings. The van der Waals surface area contributed by atoms with Crippen molar-refractivity contribution in [3.05, 3.63) is 41.7 Å². The van der Waals surface area contributed by atoms with E-state index >= 15 is 0 Å². The van der Waals surface area contributed by atoms with Crippen LogP contribution in [-0.2, 0) is 4.79 Å². The lowest BCUT2D eigenvalue weighted by molar-refractivity contribution is -0.115. The van der Waals surface area contributed by atoms with Crippen LogP contribution >= 0.6 is 23.4 Å². The second-order valence-electron chi connectivity index (χ2n) is 5.55. The van der Waals surface area contributed by atoms with Gasteiger partial charge in [0.05, 0.1) is 35.7 Å². The molecule has 0 aliphatic rings. The van der Waals surface area contributed by atoms with Crippen LogP contribution in [0.1, 0.15) is 6.92 Å². The number of hydrogen-bond donors (Lipinski definition) is 1. The molecule has 0 radical (unpaired) electrons. The Balaban J connectivity index is 1.69. The summed E-state index contributed by atoms with van der Waals surface area (Å²) < 4.78 is 16.0. The third kappa shape index (κ3) is 4.55. The molecule has 2 aromatic heterocycles. The molecule has 1 amide bonds. The van der Waals surface area contributed by atoms with Gasteiger partial charge in [-0.3, -0.25) is 9.78 Å². The van der Waals surface area contributed by atoms with Crippen LogP contribution in [0.4, 0.5) is 5.69 Å². The molecule has 0 aliphatic carbocycles. The van der Waals surface area contributed by atoms with Crippen LogP contribution in [0.2, 0.25) is 5.02 Å². The maximum absolute atomic E-state index is 12.6. The van der Waals surface area contributed by atoms with E-state index in [9.17, 15) is 4.79 Å². The molecule has 0 fully saturated rings. The highest BCUT2D eigenvalue weighted by Gasteiger charge is 2.21. The maximum Gasteiger partial charge on any atom is 0.277 e. The molecule has 10 heteroatoms. The lowest BCUT2D eigenvalue weighted by atomic mass is 10.2. The molecular weight excluding hydrogens is 404 g/mol. The molecule has 0 unspecified atom stereocenters. The number of nitrogens with zero attached hydrogens (tertiary/aromatic N) is 3. The predicted molar refractivity (Wildman–Crippen MR) is 106 cm³/mol. The maximum atomic E-state index is 12.6. The van der Waals surface area contributed by atoms with Gasteiger partial charge in [0.2, 0.25) is 11.8 Å². The van der Waals surface area contributed by atoms with Crippen LogP contribution in [0.5, 0.6) is 11.5 Å². The number of rotatable bonds is 7. The summed E-state index contributed by atoms with van der Waals surface area (Å²) in [7, 11) is 3.00. The predicted octanol–water partition coefficient (Wildman–Crippen LogP) is 3.92. The topological polar surface area (TPSA) is 99.4 Å². The number of halogens is 1. The molecular formula is C18H17ClN4O4S. The summed E-state index contributed by atoms with van der Waals surface area (Å²) >= 11 is 7.28. The third-order valence-corrected chi connectivity index (χ3v) is 4.92. The number of benzene rings is 1. The number of aromatic nitrogens is 3. The van der Waals surface area contributed by atoms with Crippen molar-refractivity contribution < 1.29 is 18.7 Å². The highest BCUT2D eigenvalue weighted by atomic mass is 35.5. The van der Waals surface area contributed by atoms with Gasteiger partial charge in [0.25, 0.3) is 5.22 Å². The molecule has 0 saturated heterocycles. The minimum atomic E-state index is -0.507. The van der Waals surface area contributed by atoms with Crippen molar-refractivity contribution in [1.29, 1.82) is 0 Å². The van der Waals surface area contributed by atoms with Crippen LogP contribution in [0, 0.1) is 0 Å². The summed E-state index contributed by atoms with van der Waals surface area (Å²) in [5.41, 5.74) is 1.14. The first-order valence-corrected chi connectivity index (χ1v) is 9.40. The Morgan fingerprint density at radius 3 is 2.71 bits per heavy atom. The molecule has 2 heterocycles. The summed E-state index contributed by atoms with van der Waals surface area (Å²) in [6, 6.07) is 6.76. The number of anilines is 1. The van der Waals surface area contributed by atoms with Gasteiger partial charge >= 0.3 is 0 Å². The van der Waals surface area contributed by atoms with E-state index < -0.39 is 5.25 Å². The Morgan fingerprint density at radius 1 is 1.25 bits per heavy atom. The number of carbonyl (C=O) groups is 1. The van der Waals surface area contributed by atoms with Gasteiger partial charge in [-0.05, 0) is 25.1 Å². The van der Waals surface area contributed by atoms with Gasteiger partial charge in [0.15, 0.2) is 0 Å². The van der Waals surface area contributed by atoms with Crippen molar-refractivity contribution in [3.8, 4) is 23.0 Å². The van der Waals surface area contributed by atoms with Crippen molar-refractivity contribution in [1.82, 2.24) is 15.2 Å². The molecule has 0 bridgehead atoms. The summed E-state index contributed by atoms with van der Waals surface area (Å²) in [6.45, 7) is 1.73. The van der Waals surface area contributed by atoms with Gasteiger partial charge in [0, 0.05) is 18.5 Å². The van der Waals surface area contributed by atoms with E-state index in [2.05, 4.69) is 20.5 Å². The van der Waals surface area contributed by atoms with Crippen LogP contribution < -0.4 is 14.8 Å². The van der Waals surface area contributed by atoms with Crippen LogP contribution in [0.25, 0.3) is 11.5 Å². The Bertz CT molecular complexity index is 967. The number of nitrogens with one attached hydrogen (secondary N) is 1. The van der Waals surface area contributed by atoms with Gasteiger partial charge in [-0.25, -0.2) is 0 Å². The first kappa shape index (κ1) is 20.0. The number of thioether (sulfide) groups is 1. The molecule has 0 saturated carbocycles. The zero-order valence-corrected chi connectivity index (χ0v) is 16.9. The van der Waals surface area contributed by atoms with Crippen molar-refractivity contribution in [2.45, 2.75) is 17.4 Å². The fourth-order valence-corrected chi connectivity index (χ4v) is 3.18. The highest BCUT2D eigenvalue weighted by Crippen LogP contribution is 2.36. The molecule has 8 nitrogen and oxygen atoms in total. The zero-order chi connectivity index (χ0) is 20.1. The van der Waals surface area contributed by atoms with E-state index in [0.717, 1.165) is 11.8 Å². The number of carbonyl (C=O) groups excluding carboxylic acids is 1. The number of hydrogen-bond acceptors (Lipinski definition) is 8. The fourth-order valence-electron chi connectivity index (χ4n) is 2.26. The lowest BCUT2D eigenvalue weighted by Crippen LogP contribution is -2.22. The number of ether oxygens (including phenoxy) is 2. The summed E-state index contributed by atoms with van der Waals surface area (Å²) in [5, 5.41) is 10.9. The van der Waals surface area contributed by atoms with Gasteiger partial charge < -0.3 is 19.2 Å². The standard InChI is InChI=1S/C18H17ClN4O4S/c1-10(28-18-23-22-17(27-18)11-5-4-6-20-9-11)16(24)21-13-7-12(19)14(25-2)8-15(13)26-3/h4-10H,1-3H3,(H,21,24)/t10-/m0/s1. The van der Waals surface area contributed by atoms with Crippen LogP contribution in [0.15, 0.2) is 46.3 Å². The average Bonchev–Trinajstić information content (AvgIpc) is 3.17. The monoisotopic (exact) mass is 420 g/mol. The Morgan fingerprint density at radius 2 is 2.04 bits per heavy atom. The van der Waals surface area contributed by atoms with Gasteiger partial charge in [0.1, 0.15) is 11.5 Å². The molecule has 0 aliphatic heterocycles. The van der Waals surface area contributed by atoms with Crippen molar-refractivity contribution >= 4 is 35.0 Å². The second-order valence-corrected chi connectivity index (χ2v) is 7.25. The van der Waals surface area contributed by atoms with E-state index in [1.54, 1.807) is 37.5 Å². The van der Waals surface area contributed by atoms with Crippen LogP contribution in [0.3, 0.4) is 0 Å². The van der Waals surface area contributed by atoms with E-state index in [1.807, 2.05) is 6.07 Å². The van der Waals surface area contributed by atoms with Crippen LogP contribution in [-0.4, -0.2) is 40.6 Å². The van der Waals surface area contributed by atoms with Crippen molar-refractivity contribution in [2.75, 3.05) is 19.5 Å². The van der Waals surface area contributed by atoms with Gasteiger partial charge in [-0.1, -0.05) is 23.4 Å². The Labute approximate surface area is 170 Å². The molecule has 3 rings (SSSR count). The first-order valence-electron chi connectivity index (χ1n) is 8.14. The Hall–Kier alpha value is -2.78. The molecule has 1 N–H and O–H groups in total. The minimum absolute atomic E-state index is 0.273. The molecule has 28 heavy (non-hydrogen) atoms. The highest BCUT2D eigenvalue weighted by molar-refractivity contribution is 8.00. The number of pyridine rings is 1. The summed E-state index contributed by atoms with van der Waals surface area (Å²) in [5.74, 6) is 0.952. The van der Waals surface area contributed by atoms with Crippen molar-refractivity contribution in [3.63, 3.8) is 0 Å². The molecule has 146 valence electrons. The average molecular weight is 421 g/mol. The minimum Gasteiger partial charge on any atom is -0.495 e. The largest absolute Gasteiger partial charge is 0.495 e. The fraction of sp³-hybridized carbons (Fsp3) is 0.222. The number of amides is 1. The molecule has 1 aromatic carbocycles. The van der Waals surface area contributed by atoms with Gasteiger partial charge in [-0.2, -0.15) is 0 Å². The van der Waals surface area contributed by atoms with E-state index in [0.29, 0.717) is 33.7 Å². The summed E-state index contributed by atoms with van der Waals surface area (Å²) in [4.78, 5) is 16.6. The zero-order valence-electron chi connectivity index (χ0n) is 15.3. The molecule has 1 atom stereocenters. The number of methoxy groups -OCH3 is 2.